The van der Waals surface area contributed by atoms with E-state index in [0.29, 0.717) is 12.3 Å². The predicted octanol–water partition coefficient (Wildman–Crippen LogP) is 6.19. The minimum absolute atomic E-state index is 0.0121. The third-order valence-corrected chi connectivity index (χ3v) is 9.33. The second-order valence-electron chi connectivity index (χ2n) is 11.7. The molecule has 194 valence electrons. The summed E-state index contributed by atoms with van der Waals surface area (Å²) in [6.45, 7) is 12.0. The number of carbonyl (C=O) groups is 2. The van der Waals surface area contributed by atoms with Crippen LogP contribution in [-0.4, -0.2) is 48.4 Å². The number of thiophene rings is 1. The number of ether oxygens (including phenoxy) is 2. The molecule has 1 N–H and O–H groups in total. The van der Waals surface area contributed by atoms with Crippen molar-refractivity contribution >= 4 is 28.9 Å². The number of carboxylic acid groups (broad SMARTS) is 1. The number of rotatable bonds is 6. The fraction of sp³-hybridized carbons (Fsp3) is 0.714. The van der Waals surface area contributed by atoms with Crippen LogP contribution in [0, 0.1) is 11.8 Å². The number of allylic oxidation sites excluding steroid dienone is 2. The van der Waals surface area contributed by atoms with E-state index in [1.807, 2.05) is 11.0 Å². The number of hydrogen-bond donors (Lipinski definition) is 1. The van der Waals surface area contributed by atoms with Crippen molar-refractivity contribution < 1.29 is 24.2 Å². The topological polar surface area (TPSA) is 76.1 Å². The zero-order valence-corrected chi connectivity index (χ0v) is 22.7. The van der Waals surface area contributed by atoms with Crippen LogP contribution < -0.4 is 4.90 Å². The Bertz CT molecular complexity index is 947. The molecule has 0 bridgehead atoms. The summed E-state index contributed by atoms with van der Waals surface area (Å²) in [5, 5.41) is 10.1. The Balaban J connectivity index is 1.63. The molecule has 2 heterocycles. The molecule has 3 atom stereocenters. The first-order valence-electron chi connectivity index (χ1n) is 13.1. The molecule has 1 saturated carbocycles. The van der Waals surface area contributed by atoms with Gasteiger partial charge in [-0.05, 0) is 69.3 Å². The standard InChI is InChI=1S/C28H41NO5S/c1-17-6-11-22(18(2)14-17)26(30)29(23-15-24(28(3,4)5)35-25(23)27(31)32)19-7-9-20(10-8-19)34-21-12-13-33-16-21/h6,15,18-22H,7-14,16H2,1-5H3,(H,31,32)/t18-,19?,20?,21-,22?/m1/s1. The molecule has 1 aliphatic heterocycles. The van der Waals surface area contributed by atoms with Crippen LogP contribution >= 0.6 is 11.3 Å². The van der Waals surface area contributed by atoms with Crippen LogP contribution in [0.25, 0.3) is 0 Å². The molecule has 1 aromatic heterocycles. The van der Waals surface area contributed by atoms with Crippen molar-refractivity contribution in [3.8, 4) is 0 Å². The SMILES string of the molecule is CC1=CCC(C(=O)N(c2cc(C(C)(C)C)sc2C(=O)O)C2CCC(O[C@@H]3CCOC3)CC2)[C@H](C)C1. The molecule has 2 aliphatic carbocycles. The molecule has 0 spiro atoms. The Morgan fingerprint density at radius 1 is 1.14 bits per heavy atom. The average molecular weight is 504 g/mol. The largest absolute Gasteiger partial charge is 0.477 e. The van der Waals surface area contributed by atoms with Crippen molar-refractivity contribution in [2.24, 2.45) is 11.8 Å². The van der Waals surface area contributed by atoms with Crippen molar-refractivity contribution in [2.45, 2.75) is 103 Å². The monoisotopic (exact) mass is 503 g/mol. The van der Waals surface area contributed by atoms with E-state index < -0.39 is 5.97 Å². The van der Waals surface area contributed by atoms with E-state index in [0.717, 1.165) is 56.4 Å². The van der Waals surface area contributed by atoms with E-state index >= 15 is 0 Å². The molecule has 0 radical (unpaired) electrons. The minimum atomic E-state index is -0.955. The van der Waals surface area contributed by atoms with Gasteiger partial charge >= 0.3 is 5.97 Å². The van der Waals surface area contributed by atoms with Gasteiger partial charge in [0.25, 0.3) is 0 Å². The first kappa shape index (κ1) is 26.4. The number of amides is 1. The molecule has 0 aromatic carbocycles. The lowest BCUT2D eigenvalue weighted by molar-refractivity contribution is -0.124. The van der Waals surface area contributed by atoms with Gasteiger partial charge < -0.3 is 19.5 Å². The van der Waals surface area contributed by atoms with Gasteiger partial charge in [0.15, 0.2) is 0 Å². The molecule has 1 amide bonds. The quantitative estimate of drug-likeness (QED) is 0.469. The molecule has 3 aliphatic rings. The zero-order chi connectivity index (χ0) is 25.3. The summed E-state index contributed by atoms with van der Waals surface area (Å²) >= 11 is 1.31. The second kappa shape index (κ2) is 10.7. The number of anilines is 1. The summed E-state index contributed by atoms with van der Waals surface area (Å²) in [6.07, 6.45) is 8.52. The van der Waals surface area contributed by atoms with Gasteiger partial charge in [-0.3, -0.25) is 4.79 Å². The van der Waals surface area contributed by atoms with Gasteiger partial charge in [0, 0.05) is 23.4 Å². The number of hydrogen-bond acceptors (Lipinski definition) is 5. The van der Waals surface area contributed by atoms with Gasteiger partial charge in [-0.15, -0.1) is 11.3 Å². The third kappa shape index (κ3) is 6.00. The molecule has 6 nitrogen and oxygen atoms in total. The Hall–Kier alpha value is -1.70. The molecule has 1 saturated heterocycles. The molecule has 1 unspecified atom stereocenters. The van der Waals surface area contributed by atoms with Crippen molar-refractivity contribution in [1.82, 2.24) is 0 Å². The highest BCUT2D eigenvalue weighted by Crippen LogP contribution is 2.42. The van der Waals surface area contributed by atoms with Gasteiger partial charge in [0.05, 0.1) is 24.5 Å². The lowest BCUT2D eigenvalue weighted by Gasteiger charge is -2.40. The Morgan fingerprint density at radius 2 is 1.86 bits per heavy atom. The van der Waals surface area contributed by atoms with Crippen molar-refractivity contribution in [1.29, 1.82) is 0 Å². The smallest absolute Gasteiger partial charge is 0.348 e. The maximum absolute atomic E-state index is 14.2. The molecule has 4 rings (SSSR count). The molecular weight excluding hydrogens is 462 g/mol. The highest BCUT2D eigenvalue weighted by molar-refractivity contribution is 7.14. The van der Waals surface area contributed by atoms with E-state index in [2.05, 4.69) is 40.7 Å². The van der Waals surface area contributed by atoms with E-state index in [1.54, 1.807) is 0 Å². The van der Waals surface area contributed by atoms with Crippen LogP contribution in [0.5, 0.6) is 0 Å². The van der Waals surface area contributed by atoms with Crippen LogP contribution in [-0.2, 0) is 19.7 Å². The summed E-state index contributed by atoms with van der Waals surface area (Å²) in [6, 6.07) is 1.96. The van der Waals surface area contributed by atoms with E-state index in [4.69, 9.17) is 9.47 Å². The fourth-order valence-electron chi connectivity index (χ4n) is 5.73. The van der Waals surface area contributed by atoms with Crippen molar-refractivity contribution in [3.05, 3.63) is 27.5 Å². The summed E-state index contributed by atoms with van der Waals surface area (Å²) in [5.41, 5.74) is 1.73. The Kier molecular flexibility index (Phi) is 8.08. The third-order valence-electron chi connectivity index (χ3n) is 7.79. The Morgan fingerprint density at radius 3 is 2.43 bits per heavy atom. The van der Waals surface area contributed by atoms with E-state index in [1.165, 1.54) is 16.9 Å². The van der Waals surface area contributed by atoms with Gasteiger partial charge in [0.1, 0.15) is 4.88 Å². The highest BCUT2D eigenvalue weighted by atomic mass is 32.1. The highest BCUT2D eigenvalue weighted by Gasteiger charge is 2.39. The molecule has 7 heteroatoms. The van der Waals surface area contributed by atoms with Crippen LogP contribution in [0.3, 0.4) is 0 Å². The first-order chi connectivity index (χ1) is 16.5. The number of aromatic carboxylic acids is 1. The number of carboxylic acids is 1. The van der Waals surface area contributed by atoms with Gasteiger partial charge in [-0.2, -0.15) is 0 Å². The summed E-state index contributed by atoms with van der Waals surface area (Å²) < 4.78 is 11.7. The average Bonchev–Trinajstić information content (AvgIpc) is 3.45. The molecular formula is C28H41NO5S. The van der Waals surface area contributed by atoms with Crippen LogP contribution in [0.15, 0.2) is 17.7 Å². The lowest BCUT2D eigenvalue weighted by atomic mass is 9.79. The maximum Gasteiger partial charge on any atom is 0.348 e. The summed E-state index contributed by atoms with van der Waals surface area (Å²) in [7, 11) is 0. The maximum atomic E-state index is 14.2. The Labute approximate surface area is 213 Å². The number of nitrogens with zero attached hydrogens (tertiary/aromatic N) is 1. The fourth-order valence-corrected chi connectivity index (χ4v) is 6.77. The summed E-state index contributed by atoms with van der Waals surface area (Å²) in [5.74, 6) is -0.756. The predicted molar refractivity (Wildman–Crippen MR) is 139 cm³/mol. The van der Waals surface area contributed by atoms with Gasteiger partial charge in [-0.1, -0.05) is 39.3 Å². The lowest BCUT2D eigenvalue weighted by Crippen LogP contribution is -2.48. The van der Waals surface area contributed by atoms with E-state index in [9.17, 15) is 14.7 Å². The minimum Gasteiger partial charge on any atom is -0.477 e. The van der Waals surface area contributed by atoms with Crippen molar-refractivity contribution in [3.63, 3.8) is 0 Å². The molecule has 1 aromatic rings. The number of carbonyl (C=O) groups excluding carboxylic acids is 1. The zero-order valence-electron chi connectivity index (χ0n) is 21.8. The van der Waals surface area contributed by atoms with E-state index in [-0.39, 0.29) is 46.3 Å². The van der Waals surface area contributed by atoms with Crippen LogP contribution in [0.1, 0.15) is 94.1 Å². The second-order valence-corrected chi connectivity index (χ2v) is 12.8. The van der Waals surface area contributed by atoms with Gasteiger partial charge in [-0.25, -0.2) is 4.79 Å². The first-order valence-corrected chi connectivity index (χ1v) is 14.0. The molecule has 35 heavy (non-hydrogen) atoms. The van der Waals surface area contributed by atoms with Crippen LogP contribution in [0.2, 0.25) is 0 Å². The van der Waals surface area contributed by atoms with Crippen LogP contribution in [0.4, 0.5) is 5.69 Å². The summed E-state index contributed by atoms with van der Waals surface area (Å²) in [4.78, 5) is 29.7. The van der Waals surface area contributed by atoms with Crippen molar-refractivity contribution in [2.75, 3.05) is 18.1 Å². The van der Waals surface area contributed by atoms with Gasteiger partial charge in [0.2, 0.25) is 5.91 Å². The molecule has 2 fully saturated rings. The normalized spacial score (nSPS) is 29.6.